The lowest BCUT2D eigenvalue weighted by Crippen LogP contribution is -2.53. The number of ether oxygens (including phenoxy) is 1. The predicted octanol–water partition coefficient (Wildman–Crippen LogP) is 2.24. The molecule has 1 aromatic carbocycles. The molecule has 1 aliphatic heterocycles. The van der Waals surface area contributed by atoms with E-state index in [0.29, 0.717) is 25.2 Å². The maximum atomic E-state index is 12.2. The number of nitrogens with one attached hydrogen (secondary N) is 2. The van der Waals surface area contributed by atoms with Gasteiger partial charge in [0.25, 0.3) is 0 Å². The van der Waals surface area contributed by atoms with E-state index >= 15 is 0 Å². The SMILES string of the molecule is Cl.O=C(NC1CCC(c2ccccc2)CC1)C1COCCN1. The normalized spacial score (nSPS) is 28.5. The summed E-state index contributed by atoms with van der Waals surface area (Å²) in [7, 11) is 0. The van der Waals surface area contributed by atoms with Gasteiger partial charge in [-0.25, -0.2) is 0 Å². The fraction of sp³-hybridized carbons (Fsp3) is 0.588. The van der Waals surface area contributed by atoms with Crippen LogP contribution in [-0.4, -0.2) is 37.7 Å². The monoisotopic (exact) mass is 324 g/mol. The molecule has 1 aliphatic carbocycles. The minimum atomic E-state index is -0.175. The highest BCUT2D eigenvalue weighted by Crippen LogP contribution is 2.32. The zero-order valence-electron chi connectivity index (χ0n) is 12.8. The van der Waals surface area contributed by atoms with Crippen LogP contribution in [0.2, 0.25) is 0 Å². The van der Waals surface area contributed by atoms with Gasteiger partial charge in [-0.1, -0.05) is 30.3 Å². The summed E-state index contributed by atoms with van der Waals surface area (Å²) >= 11 is 0. The zero-order chi connectivity index (χ0) is 14.5. The Morgan fingerprint density at radius 2 is 1.86 bits per heavy atom. The second-order valence-electron chi connectivity index (χ2n) is 6.05. The summed E-state index contributed by atoms with van der Waals surface area (Å²) in [5, 5.41) is 6.39. The molecule has 1 saturated heterocycles. The molecule has 1 amide bonds. The van der Waals surface area contributed by atoms with E-state index in [1.54, 1.807) is 0 Å². The largest absolute Gasteiger partial charge is 0.378 e. The van der Waals surface area contributed by atoms with Crippen molar-refractivity contribution in [3.63, 3.8) is 0 Å². The molecule has 1 unspecified atom stereocenters. The minimum Gasteiger partial charge on any atom is -0.378 e. The number of hydrogen-bond donors (Lipinski definition) is 2. The molecule has 3 rings (SSSR count). The third-order valence-corrected chi connectivity index (χ3v) is 4.58. The first-order chi connectivity index (χ1) is 10.3. The lowest BCUT2D eigenvalue weighted by atomic mass is 9.82. The van der Waals surface area contributed by atoms with Gasteiger partial charge in [0, 0.05) is 12.6 Å². The Balaban J connectivity index is 0.00000176. The Hall–Kier alpha value is -1.10. The van der Waals surface area contributed by atoms with Crippen LogP contribution in [0.1, 0.15) is 37.2 Å². The van der Waals surface area contributed by atoms with Crippen LogP contribution in [0, 0.1) is 0 Å². The summed E-state index contributed by atoms with van der Waals surface area (Å²) in [4.78, 5) is 12.2. The van der Waals surface area contributed by atoms with Crippen molar-refractivity contribution in [1.29, 1.82) is 0 Å². The van der Waals surface area contributed by atoms with Gasteiger partial charge in [-0.15, -0.1) is 12.4 Å². The molecule has 5 heteroatoms. The minimum absolute atomic E-state index is 0. The van der Waals surface area contributed by atoms with Gasteiger partial charge in [-0.05, 0) is 37.2 Å². The molecule has 0 radical (unpaired) electrons. The van der Waals surface area contributed by atoms with Crippen molar-refractivity contribution >= 4 is 18.3 Å². The molecule has 2 aliphatic rings. The van der Waals surface area contributed by atoms with Crippen LogP contribution in [0.4, 0.5) is 0 Å². The molecular weight excluding hydrogens is 300 g/mol. The predicted molar refractivity (Wildman–Crippen MR) is 89.4 cm³/mol. The van der Waals surface area contributed by atoms with Crippen molar-refractivity contribution < 1.29 is 9.53 Å². The summed E-state index contributed by atoms with van der Waals surface area (Å²) < 4.78 is 5.34. The standard InChI is InChI=1S/C17H24N2O2.ClH/c20-17(16-12-21-11-10-18-16)19-15-8-6-14(7-9-15)13-4-2-1-3-5-13;/h1-5,14-16,18H,6-12H2,(H,19,20);1H. The molecule has 1 atom stereocenters. The van der Waals surface area contributed by atoms with Gasteiger partial charge in [-0.2, -0.15) is 0 Å². The number of amides is 1. The first-order valence-electron chi connectivity index (χ1n) is 7.99. The van der Waals surface area contributed by atoms with Crippen molar-refractivity contribution in [1.82, 2.24) is 10.6 Å². The molecular formula is C17H25ClN2O2. The second-order valence-corrected chi connectivity index (χ2v) is 6.05. The molecule has 4 nitrogen and oxygen atoms in total. The van der Waals surface area contributed by atoms with E-state index in [-0.39, 0.29) is 24.4 Å². The van der Waals surface area contributed by atoms with Crippen LogP contribution in [0.5, 0.6) is 0 Å². The Morgan fingerprint density at radius 3 is 2.50 bits per heavy atom. The number of carbonyl (C=O) groups excluding carboxylic acids is 1. The van der Waals surface area contributed by atoms with Crippen molar-refractivity contribution in [2.45, 2.75) is 43.7 Å². The van der Waals surface area contributed by atoms with Crippen LogP contribution in [0.15, 0.2) is 30.3 Å². The maximum absolute atomic E-state index is 12.2. The van der Waals surface area contributed by atoms with E-state index in [1.165, 1.54) is 5.56 Å². The van der Waals surface area contributed by atoms with Crippen LogP contribution in [0.25, 0.3) is 0 Å². The van der Waals surface area contributed by atoms with Crippen LogP contribution < -0.4 is 10.6 Å². The van der Waals surface area contributed by atoms with E-state index < -0.39 is 0 Å². The van der Waals surface area contributed by atoms with E-state index in [4.69, 9.17) is 4.74 Å². The Kier molecular flexibility index (Phi) is 6.68. The smallest absolute Gasteiger partial charge is 0.239 e. The lowest BCUT2D eigenvalue weighted by Gasteiger charge is -2.31. The number of benzene rings is 1. The van der Waals surface area contributed by atoms with E-state index in [2.05, 4.69) is 41.0 Å². The topological polar surface area (TPSA) is 50.4 Å². The van der Waals surface area contributed by atoms with Gasteiger partial charge in [0.05, 0.1) is 13.2 Å². The second kappa shape index (κ2) is 8.51. The number of rotatable bonds is 3. The number of halogens is 1. The zero-order valence-corrected chi connectivity index (χ0v) is 13.6. The first-order valence-corrected chi connectivity index (χ1v) is 7.99. The van der Waals surface area contributed by atoms with Crippen molar-refractivity contribution in [2.75, 3.05) is 19.8 Å². The molecule has 1 aromatic rings. The summed E-state index contributed by atoms with van der Waals surface area (Å²) in [6, 6.07) is 10.9. The molecule has 1 saturated carbocycles. The summed E-state index contributed by atoms with van der Waals surface area (Å²) in [6.45, 7) is 1.95. The Morgan fingerprint density at radius 1 is 1.14 bits per heavy atom. The van der Waals surface area contributed by atoms with Crippen LogP contribution in [0.3, 0.4) is 0 Å². The molecule has 122 valence electrons. The molecule has 22 heavy (non-hydrogen) atoms. The fourth-order valence-corrected chi connectivity index (χ4v) is 3.33. The average molecular weight is 325 g/mol. The summed E-state index contributed by atoms with van der Waals surface area (Å²) in [5.41, 5.74) is 1.43. The first kappa shape index (κ1) is 17.3. The molecule has 1 heterocycles. The highest BCUT2D eigenvalue weighted by atomic mass is 35.5. The van der Waals surface area contributed by atoms with Gasteiger partial charge in [0.15, 0.2) is 0 Å². The van der Waals surface area contributed by atoms with E-state index in [1.807, 2.05) is 0 Å². The molecule has 2 N–H and O–H groups in total. The number of hydrogen-bond acceptors (Lipinski definition) is 3. The van der Waals surface area contributed by atoms with Crippen molar-refractivity contribution in [2.24, 2.45) is 0 Å². The highest BCUT2D eigenvalue weighted by Gasteiger charge is 2.27. The highest BCUT2D eigenvalue weighted by molar-refractivity contribution is 5.85. The van der Waals surface area contributed by atoms with E-state index in [0.717, 1.165) is 32.2 Å². The Bertz CT molecular complexity index is 455. The van der Waals surface area contributed by atoms with Gasteiger partial charge < -0.3 is 15.4 Å². The molecule has 0 aromatic heterocycles. The third kappa shape index (κ3) is 4.45. The number of carbonyl (C=O) groups is 1. The molecule has 2 fully saturated rings. The molecule has 0 bridgehead atoms. The third-order valence-electron chi connectivity index (χ3n) is 4.58. The van der Waals surface area contributed by atoms with Gasteiger partial charge in [0.2, 0.25) is 5.91 Å². The van der Waals surface area contributed by atoms with Gasteiger partial charge in [-0.3, -0.25) is 4.79 Å². The lowest BCUT2D eigenvalue weighted by molar-refractivity contribution is -0.126. The van der Waals surface area contributed by atoms with E-state index in [9.17, 15) is 4.79 Å². The average Bonchev–Trinajstić information content (AvgIpc) is 2.57. The van der Waals surface area contributed by atoms with Crippen LogP contribution >= 0.6 is 12.4 Å². The van der Waals surface area contributed by atoms with Gasteiger partial charge in [0.1, 0.15) is 6.04 Å². The summed E-state index contributed by atoms with van der Waals surface area (Å²) in [5.74, 6) is 0.744. The summed E-state index contributed by atoms with van der Waals surface area (Å²) in [6.07, 6.45) is 4.45. The van der Waals surface area contributed by atoms with Gasteiger partial charge >= 0.3 is 0 Å². The van der Waals surface area contributed by atoms with Crippen molar-refractivity contribution in [3.8, 4) is 0 Å². The maximum Gasteiger partial charge on any atom is 0.239 e. The number of morpholine rings is 1. The molecule has 0 spiro atoms. The Labute approximate surface area is 138 Å². The quantitative estimate of drug-likeness (QED) is 0.896. The van der Waals surface area contributed by atoms with Crippen molar-refractivity contribution in [3.05, 3.63) is 35.9 Å². The van der Waals surface area contributed by atoms with Crippen LogP contribution in [-0.2, 0) is 9.53 Å². The fourth-order valence-electron chi connectivity index (χ4n) is 3.33.